The Morgan fingerprint density at radius 1 is 1.12 bits per heavy atom. The summed E-state index contributed by atoms with van der Waals surface area (Å²) in [5.41, 5.74) is 5.29. The SMILES string of the molecule is COc1ccc(-c2ccc3c(c2)cc2n3CCNCC2)c(C=O)c1. The fraction of sp³-hybridized carbons (Fsp3) is 0.250. The molecule has 1 N–H and O–H groups in total. The van der Waals surface area contributed by atoms with Gasteiger partial charge in [-0.3, -0.25) is 4.79 Å². The number of nitrogens with zero attached hydrogens (tertiary/aromatic N) is 1. The van der Waals surface area contributed by atoms with Crippen LogP contribution >= 0.6 is 0 Å². The van der Waals surface area contributed by atoms with E-state index in [-0.39, 0.29) is 0 Å². The molecular formula is C20H20N2O2. The summed E-state index contributed by atoms with van der Waals surface area (Å²) in [7, 11) is 1.61. The van der Waals surface area contributed by atoms with Gasteiger partial charge in [-0.25, -0.2) is 0 Å². The molecule has 1 aliphatic heterocycles. The minimum atomic E-state index is 0.652. The summed E-state index contributed by atoms with van der Waals surface area (Å²) in [5.74, 6) is 0.699. The van der Waals surface area contributed by atoms with Crippen molar-refractivity contribution >= 4 is 17.2 Å². The number of rotatable bonds is 3. The van der Waals surface area contributed by atoms with E-state index in [1.54, 1.807) is 13.2 Å². The average molecular weight is 320 g/mol. The summed E-state index contributed by atoms with van der Waals surface area (Å²) in [6, 6.07) is 14.4. The van der Waals surface area contributed by atoms with Crippen molar-refractivity contribution in [2.75, 3.05) is 20.2 Å². The lowest BCUT2D eigenvalue weighted by Gasteiger charge is -2.09. The number of carbonyl (C=O) groups excluding carboxylic acids is 1. The Labute approximate surface area is 141 Å². The Morgan fingerprint density at radius 2 is 2.04 bits per heavy atom. The van der Waals surface area contributed by atoms with Gasteiger partial charge in [-0.15, -0.1) is 0 Å². The van der Waals surface area contributed by atoms with Gasteiger partial charge in [0.15, 0.2) is 6.29 Å². The zero-order valence-corrected chi connectivity index (χ0v) is 13.7. The van der Waals surface area contributed by atoms with Crippen LogP contribution in [0.2, 0.25) is 0 Å². The quantitative estimate of drug-likeness (QED) is 0.753. The zero-order valence-electron chi connectivity index (χ0n) is 13.7. The minimum Gasteiger partial charge on any atom is -0.497 e. The fourth-order valence-corrected chi connectivity index (χ4v) is 3.53. The number of aldehydes is 1. The van der Waals surface area contributed by atoms with E-state index in [1.165, 1.54) is 16.6 Å². The van der Waals surface area contributed by atoms with E-state index < -0.39 is 0 Å². The maximum Gasteiger partial charge on any atom is 0.150 e. The van der Waals surface area contributed by atoms with Crippen LogP contribution in [-0.4, -0.2) is 31.1 Å². The third-order valence-corrected chi connectivity index (χ3v) is 4.75. The van der Waals surface area contributed by atoms with Gasteiger partial charge >= 0.3 is 0 Å². The molecule has 0 saturated heterocycles. The van der Waals surface area contributed by atoms with Crippen molar-refractivity contribution in [2.24, 2.45) is 0 Å². The molecule has 2 aromatic carbocycles. The van der Waals surface area contributed by atoms with Gasteiger partial charge in [0, 0.05) is 48.2 Å². The molecular weight excluding hydrogens is 300 g/mol. The second-order valence-corrected chi connectivity index (χ2v) is 6.13. The monoisotopic (exact) mass is 320 g/mol. The first kappa shape index (κ1) is 15.0. The van der Waals surface area contributed by atoms with E-state index in [1.807, 2.05) is 12.1 Å². The molecule has 0 atom stereocenters. The molecule has 0 fully saturated rings. The van der Waals surface area contributed by atoms with Crippen LogP contribution in [0.15, 0.2) is 42.5 Å². The largest absolute Gasteiger partial charge is 0.497 e. The molecule has 0 amide bonds. The average Bonchev–Trinajstić information content (AvgIpc) is 2.81. The standard InChI is InChI=1S/C20H20N2O2/c1-24-18-3-4-19(16(12-18)13-23)14-2-5-20-15(10-14)11-17-6-7-21-8-9-22(17)20/h2-5,10-13,21H,6-9H2,1H3. The van der Waals surface area contributed by atoms with Crippen LogP contribution in [0, 0.1) is 0 Å². The predicted molar refractivity (Wildman–Crippen MR) is 95.9 cm³/mol. The second-order valence-electron chi connectivity index (χ2n) is 6.13. The molecule has 3 aromatic rings. The summed E-state index contributed by atoms with van der Waals surface area (Å²) in [4.78, 5) is 11.5. The molecule has 4 heteroatoms. The van der Waals surface area contributed by atoms with Crippen LogP contribution in [0.25, 0.3) is 22.0 Å². The zero-order chi connectivity index (χ0) is 16.5. The van der Waals surface area contributed by atoms with Crippen LogP contribution in [0.4, 0.5) is 0 Å². The summed E-state index contributed by atoms with van der Waals surface area (Å²) < 4.78 is 7.61. The fourth-order valence-electron chi connectivity index (χ4n) is 3.53. The maximum absolute atomic E-state index is 11.5. The Bertz CT molecular complexity index is 911. The lowest BCUT2D eigenvalue weighted by molar-refractivity contribution is 0.112. The number of benzene rings is 2. The van der Waals surface area contributed by atoms with Crippen LogP contribution in [0.1, 0.15) is 16.1 Å². The van der Waals surface area contributed by atoms with Crippen LogP contribution in [-0.2, 0) is 13.0 Å². The molecule has 0 radical (unpaired) electrons. The van der Waals surface area contributed by atoms with Gasteiger partial charge in [0.05, 0.1) is 7.11 Å². The van der Waals surface area contributed by atoms with E-state index in [4.69, 9.17) is 4.74 Å². The lowest BCUT2D eigenvalue weighted by Crippen LogP contribution is -2.17. The van der Waals surface area contributed by atoms with Crippen molar-refractivity contribution in [3.05, 3.63) is 53.7 Å². The van der Waals surface area contributed by atoms with Crippen molar-refractivity contribution in [3.63, 3.8) is 0 Å². The van der Waals surface area contributed by atoms with Crippen molar-refractivity contribution in [2.45, 2.75) is 13.0 Å². The first-order valence-electron chi connectivity index (χ1n) is 8.26. The number of ether oxygens (including phenoxy) is 1. The molecule has 4 rings (SSSR count). The third kappa shape index (κ3) is 2.49. The van der Waals surface area contributed by atoms with E-state index in [9.17, 15) is 4.79 Å². The molecule has 122 valence electrons. The predicted octanol–water partition coefficient (Wildman–Crippen LogP) is 3.28. The van der Waals surface area contributed by atoms with Gasteiger partial charge in [-0.05, 0) is 47.5 Å². The smallest absolute Gasteiger partial charge is 0.150 e. The minimum absolute atomic E-state index is 0.652. The molecule has 1 aliphatic rings. The van der Waals surface area contributed by atoms with E-state index in [2.05, 4.69) is 34.1 Å². The van der Waals surface area contributed by atoms with Crippen molar-refractivity contribution < 1.29 is 9.53 Å². The highest BCUT2D eigenvalue weighted by Gasteiger charge is 2.13. The number of aromatic nitrogens is 1. The first-order chi connectivity index (χ1) is 11.8. The highest BCUT2D eigenvalue weighted by molar-refractivity contribution is 5.92. The van der Waals surface area contributed by atoms with Gasteiger partial charge in [0.2, 0.25) is 0 Å². The molecule has 2 heterocycles. The van der Waals surface area contributed by atoms with Crippen LogP contribution in [0.5, 0.6) is 5.75 Å². The summed E-state index contributed by atoms with van der Waals surface area (Å²) in [6.45, 7) is 3.03. The van der Waals surface area contributed by atoms with E-state index >= 15 is 0 Å². The normalized spacial score (nSPS) is 14.2. The van der Waals surface area contributed by atoms with Gasteiger partial charge in [-0.1, -0.05) is 6.07 Å². The number of methoxy groups -OCH3 is 1. The Morgan fingerprint density at radius 3 is 2.88 bits per heavy atom. The highest BCUT2D eigenvalue weighted by Crippen LogP contribution is 2.30. The molecule has 1 aromatic heterocycles. The highest BCUT2D eigenvalue weighted by atomic mass is 16.5. The number of hydrogen-bond donors (Lipinski definition) is 1. The molecule has 24 heavy (non-hydrogen) atoms. The Balaban J connectivity index is 1.82. The lowest BCUT2D eigenvalue weighted by atomic mass is 9.99. The summed E-state index contributed by atoms with van der Waals surface area (Å²) in [5, 5.41) is 4.67. The number of fused-ring (bicyclic) bond motifs is 3. The third-order valence-electron chi connectivity index (χ3n) is 4.75. The van der Waals surface area contributed by atoms with E-state index in [0.29, 0.717) is 11.3 Å². The van der Waals surface area contributed by atoms with Crippen molar-refractivity contribution in [3.8, 4) is 16.9 Å². The first-order valence-corrected chi connectivity index (χ1v) is 8.26. The molecule has 0 spiro atoms. The topological polar surface area (TPSA) is 43.3 Å². The molecule has 0 aliphatic carbocycles. The number of carbonyl (C=O) groups is 1. The van der Waals surface area contributed by atoms with Crippen LogP contribution < -0.4 is 10.1 Å². The van der Waals surface area contributed by atoms with Gasteiger partial charge in [-0.2, -0.15) is 0 Å². The molecule has 4 nitrogen and oxygen atoms in total. The second kappa shape index (κ2) is 6.13. The maximum atomic E-state index is 11.5. The molecule has 0 saturated carbocycles. The summed E-state index contributed by atoms with van der Waals surface area (Å²) >= 11 is 0. The van der Waals surface area contributed by atoms with Crippen molar-refractivity contribution in [1.29, 1.82) is 0 Å². The number of hydrogen-bond acceptors (Lipinski definition) is 3. The van der Waals surface area contributed by atoms with Gasteiger partial charge in [0.25, 0.3) is 0 Å². The molecule has 0 unspecified atom stereocenters. The van der Waals surface area contributed by atoms with E-state index in [0.717, 1.165) is 43.5 Å². The molecule has 0 bridgehead atoms. The van der Waals surface area contributed by atoms with Crippen molar-refractivity contribution in [1.82, 2.24) is 9.88 Å². The number of nitrogens with one attached hydrogen (secondary N) is 1. The van der Waals surface area contributed by atoms with Gasteiger partial charge < -0.3 is 14.6 Å². The Hall–Kier alpha value is -2.59. The summed E-state index contributed by atoms with van der Waals surface area (Å²) in [6.07, 6.45) is 1.94. The van der Waals surface area contributed by atoms with Crippen LogP contribution in [0.3, 0.4) is 0 Å². The Kier molecular flexibility index (Phi) is 3.82. The van der Waals surface area contributed by atoms with Gasteiger partial charge in [0.1, 0.15) is 5.75 Å².